The minimum absolute atomic E-state index is 0.0562. The molecule has 3 N–H and O–H groups in total. The molecule has 8 heteroatoms. The molecular weight excluding hydrogens is 475 g/mol. The zero-order chi connectivity index (χ0) is 25.6. The van der Waals surface area contributed by atoms with Crippen molar-refractivity contribution < 1.29 is 14.3 Å². The van der Waals surface area contributed by atoms with E-state index in [1.54, 1.807) is 25.1 Å². The zero-order valence-corrected chi connectivity index (χ0v) is 21.3. The SMILES string of the molecule is C=CCNC(=S)N(C)[C@H]1C[C@H]2c3[nH]c4cccc(-c5cccc(F)c5)c4c3CCN2C(=O)[C@H]1[C@H](C)O. The third-order valence-electron chi connectivity index (χ3n) is 7.59. The highest BCUT2D eigenvalue weighted by Gasteiger charge is 2.48. The van der Waals surface area contributed by atoms with Crippen LogP contribution in [-0.4, -0.2) is 63.2 Å². The normalized spacial score (nSPS) is 22.1. The summed E-state index contributed by atoms with van der Waals surface area (Å²) < 4.78 is 14.0. The summed E-state index contributed by atoms with van der Waals surface area (Å²) in [6.45, 7) is 6.49. The van der Waals surface area contributed by atoms with Gasteiger partial charge in [-0.1, -0.05) is 30.3 Å². The molecule has 0 saturated carbocycles. The lowest BCUT2D eigenvalue weighted by Gasteiger charge is -2.49. The van der Waals surface area contributed by atoms with Gasteiger partial charge in [-0.2, -0.15) is 0 Å². The Morgan fingerprint density at radius 3 is 2.89 bits per heavy atom. The maximum absolute atomic E-state index is 14.0. The Bertz CT molecular complexity index is 1340. The molecule has 2 aromatic carbocycles. The predicted octanol–water partition coefficient (Wildman–Crippen LogP) is 4.16. The van der Waals surface area contributed by atoms with Gasteiger partial charge in [0.2, 0.25) is 5.91 Å². The van der Waals surface area contributed by atoms with Crippen LogP contribution in [0.5, 0.6) is 0 Å². The third kappa shape index (κ3) is 4.08. The van der Waals surface area contributed by atoms with Crippen molar-refractivity contribution in [3.63, 3.8) is 0 Å². The fourth-order valence-corrected chi connectivity index (χ4v) is 6.14. The van der Waals surface area contributed by atoms with Crippen LogP contribution < -0.4 is 5.32 Å². The van der Waals surface area contributed by atoms with Crippen LogP contribution >= 0.6 is 12.2 Å². The van der Waals surface area contributed by atoms with Crippen LogP contribution in [0.2, 0.25) is 0 Å². The summed E-state index contributed by atoms with van der Waals surface area (Å²) >= 11 is 5.58. The number of benzene rings is 2. The molecule has 5 rings (SSSR count). The Kier molecular flexibility index (Phi) is 6.57. The molecule has 0 radical (unpaired) electrons. The largest absolute Gasteiger partial charge is 0.393 e. The molecule has 36 heavy (non-hydrogen) atoms. The second-order valence-electron chi connectivity index (χ2n) is 9.71. The number of nitrogens with zero attached hydrogens (tertiary/aromatic N) is 2. The number of aliphatic hydroxyl groups excluding tert-OH is 1. The molecule has 1 saturated heterocycles. The number of amides is 1. The Labute approximate surface area is 215 Å². The Hall–Kier alpha value is -3.23. The molecule has 3 heterocycles. The summed E-state index contributed by atoms with van der Waals surface area (Å²) in [4.78, 5) is 21.1. The summed E-state index contributed by atoms with van der Waals surface area (Å²) in [7, 11) is 1.87. The highest BCUT2D eigenvalue weighted by Crippen LogP contribution is 2.45. The predicted molar refractivity (Wildman–Crippen MR) is 144 cm³/mol. The van der Waals surface area contributed by atoms with E-state index in [0.717, 1.165) is 27.7 Å². The van der Waals surface area contributed by atoms with Gasteiger partial charge in [-0.3, -0.25) is 4.79 Å². The molecular formula is C28H31FN4O2S. The van der Waals surface area contributed by atoms with Gasteiger partial charge in [0.05, 0.1) is 18.1 Å². The van der Waals surface area contributed by atoms with Gasteiger partial charge in [0.25, 0.3) is 0 Å². The summed E-state index contributed by atoms with van der Waals surface area (Å²) in [5.41, 5.74) is 4.96. The van der Waals surface area contributed by atoms with Gasteiger partial charge in [-0.25, -0.2) is 4.39 Å². The smallest absolute Gasteiger partial charge is 0.230 e. The second kappa shape index (κ2) is 9.67. The molecule has 1 amide bonds. The van der Waals surface area contributed by atoms with Crippen LogP contribution in [0.15, 0.2) is 55.1 Å². The number of hydrogen-bond acceptors (Lipinski definition) is 3. The first-order valence-corrected chi connectivity index (χ1v) is 12.7. The molecule has 0 spiro atoms. The van der Waals surface area contributed by atoms with E-state index < -0.39 is 12.0 Å². The molecule has 2 aliphatic rings. The molecule has 1 fully saturated rings. The number of nitrogens with one attached hydrogen (secondary N) is 2. The summed E-state index contributed by atoms with van der Waals surface area (Å²) in [6.07, 6.45) is 2.24. The average Bonchev–Trinajstić information content (AvgIpc) is 3.25. The number of thiocarbonyl (C=S) groups is 1. The number of fused-ring (bicyclic) bond motifs is 5. The number of hydrogen-bond donors (Lipinski definition) is 3. The fourth-order valence-electron chi connectivity index (χ4n) is 5.92. The topological polar surface area (TPSA) is 71.6 Å². The number of aromatic amines is 1. The van der Waals surface area contributed by atoms with Gasteiger partial charge < -0.3 is 25.2 Å². The highest BCUT2D eigenvalue weighted by atomic mass is 32.1. The van der Waals surface area contributed by atoms with Gasteiger partial charge in [0.15, 0.2) is 5.11 Å². The molecule has 6 nitrogen and oxygen atoms in total. The van der Waals surface area contributed by atoms with E-state index in [0.29, 0.717) is 31.0 Å². The lowest BCUT2D eigenvalue weighted by molar-refractivity contribution is -0.151. The zero-order valence-electron chi connectivity index (χ0n) is 20.5. The lowest BCUT2D eigenvalue weighted by atomic mass is 9.79. The van der Waals surface area contributed by atoms with Crippen molar-refractivity contribution >= 4 is 34.1 Å². The van der Waals surface area contributed by atoms with Gasteiger partial charge in [-0.05, 0) is 66.9 Å². The van der Waals surface area contributed by atoms with E-state index in [2.05, 4.69) is 16.9 Å². The standard InChI is InChI=1S/C28H31FN4O2S/c1-4-12-30-28(36)32(3)22-15-23-26-20(11-13-33(23)27(35)24(22)16(2)34)25-19(9-6-10-21(25)31-26)17-7-5-8-18(29)14-17/h4-10,14,16,22-24,31,34H,1,11-13,15H2,2-3H3,(H,30,36)/t16-,22-,23-,24-/m0/s1. The summed E-state index contributed by atoms with van der Waals surface area (Å²) in [5, 5.41) is 15.4. The van der Waals surface area contributed by atoms with Crippen LogP contribution in [0.1, 0.15) is 30.6 Å². The first-order chi connectivity index (χ1) is 17.3. The minimum Gasteiger partial charge on any atom is -0.393 e. The number of aliphatic hydroxyl groups is 1. The van der Waals surface area contributed by atoms with Crippen molar-refractivity contribution in [1.29, 1.82) is 0 Å². The molecule has 3 aromatic rings. The first kappa shape index (κ1) is 24.5. The van der Waals surface area contributed by atoms with Gasteiger partial charge in [-0.15, -0.1) is 6.58 Å². The Morgan fingerprint density at radius 2 is 2.17 bits per heavy atom. The highest BCUT2D eigenvalue weighted by molar-refractivity contribution is 7.80. The number of rotatable bonds is 5. The number of carbonyl (C=O) groups excluding carboxylic acids is 1. The monoisotopic (exact) mass is 506 g/mol. The van der Waals surface area contributed by atoms with Crippen LogP contribution in [0.25, 0.3) is 22.0 Å². The van der Waals surface area contributed by atoms with E-state index >= 15 is 0 Å². The number of H-pyrrole nitrogens is 1. The van der Waals surface area contributed by atoms with Gasteiger partial charge in [0.1, 0.15) is 5.82 Å². The number of piperidine rings is 1. The van der Waals surface area contributed by atoms with E-state index in [1.165, 1.54) is 11.6 Å². The summed E-state index contributed by atoms with van der Waals surface area (Å²) in [6, 6.07) is 12.2. The van der Waals surface area contributed by atoms with Crippen molar-refractivity contribution in [3.05, 3.63) is 72.2 Å². The molecule has 0 bridgehead atoms. The number of halogens is 1. The molecule has 188 valence electrons. The van der Waals surface area contributed by atoms with Gasteiger partial charge >= 0.3 is 0 Å². The average molecular weight is 507 g/mol. The first-order valence-electron chi connectivity index (χ1n) is 12.3. The van der Waals surface area contributed by atoms with Crippen LogP contribution in [0, 0.1) is 11.7 Å². The van der Waals surface area contributed by atoms with Crippen LogP contribution in [0.4, 0.5) is 4.39 Å². The van der Waals surface area contributed by atoms with Crippen LogP contribution in [-0.2, 0) is 11.2 Å². The third-order valence-corrected chi connectivity index (χ3v) is 8.02. The lowest BCUT2D eigenvalue weighted by Crippen LogP contribution is -2.60. The molecule has 2 aliphatic heterocycles. The Balaban J connectivity index is 1.57. The molecule has 0 aliphatic carbocycles. The quantitative estimate of drug-likeness (QED) is 0.358. The molecule has 0 unspecified atom stereocenters. The van der Waals surface area contributed by atoms with Crippen molar-refractivity contribution in [2.75, 3.05) is 20.1 Å². The van der Waals surface area contributed by atoms with Gasteiger partial charge in [0, 0.05) is 42.8 Å². The van der Waals surface area contributed by atoms with E-state index in [4.69, 9.17) is 12.2 Å². The number of aromatic nitrogens is 1. The van der Waals surface area contributed by atoms with E-state index in [9.17, 15) is 14.3 Å². The van der Waals surface area contributed by atoms with Crippen molar-refractivity contribution in [2.24, 2.45) is 5.92 Å². The molecule has 4 atom stereocenters. The minimum atomic E-state index is -0.809. The van der Waals surface area contributed by atoms with E-state index in [-0.39, 0.29) is 23.8 Å². The maximum atomic E-state index is 14.0. The Morgan fingerprint density at radius 1 is 1.39 bits per heavy atom. The number of carbonyl (C=O) groups is 1. The van der Waals surface area contributed by atoms with Crippen LogP contribution in [0.3, 0.4) is 0 Å². The van der Waals surface area contributed by atoms with Crippen molar-refractivity contribution in [3.8, 4) is 11.1 Å². The van der Waals surface area contributed by atoms with Crippen molar-refractivity contribution in [2.45, 2.75) is 38.0 Å². The fraction of sp³-hybridized carbons (Fsp3) is 0.357. The van der Waals surface area contributed by atoms with E-state index in [1.807, 2.05) is 41.1 Å². The second-order valence-corrected chi connectivity index (χ2v) is 10.1. The maximum Gasteiger partial charge on any atom is 0.230 e. The molecule has 1 aromatic heterocycles. The van der Waals surface area contributed by atoms with Crippen molar-refractivity contribution in [1.82, 2.24) is 20.1 Å². The summed E-state index contributed by atoms with van der Waals surface area (Å²) in [5.74, 6) is -0.906.